The molecule has 0 radical (unpaired) electrons. The van der Waals surface area contributed by atoms with Crippen LogP contribution in [0.1, 0.15) is 20.8 Å². The molecule has 0 saturated carbocycles. The molecule has 0 aliphatic rings. The van der Waals surface area contributed by atoms with Gasteiger partial charge in [-0.2, -0.15) is 0 Å². The summed E-state index contributed by atoms with van der Waals surface area (Å²) in [5.74, 6) is 0.792. The van der Waals surface area contributed by atoms with Gasteiger partial charge in [0, 0.05) is 35.7 Å². The lowest BCUT2D eigenvalue weighted by Crippen LogP contribution is -2.30. The molecule has 0 unspecified atom stereocenters. The lowest BCUT2D eigenvalue weighted by molar-refractivity contribution is 0.415. The fourth-order valence-corrected chi connectivity index (χ4v) is 2.81. The van der Waals surface area contributed by atoms with Gasteiger partial charge in [0.05, 0.1) is 7.11 Å². The molecule has 0 fully saturated rings. The van der Waals surface area contributed by atoms with Crippen molar-refractivity contribution >= 4 is 34.4 Å². The number of hydrogen-bond donors (Lipinski definition) is 2. The van der Waals surface area contributed by atoms with Crippen LogP contribution in [-0.4, -0.2) is 24.8 Å². The van der Waals surface area contributed by atoms with E-state index in [2.05, 4.69) is 48.4 Å². The Hall–Kier alpha value is -2.27. The maximum absolute atomic E-state index is 5.37. The van der Waals surface area contributed by atoms with Crippen LogP contribution in [0, 0.1) is 0 Å². The largest absolute Gasteiger partial charge is 0.497 e. The van der Waals surface area contributed by atoms with Crippen molar-refractivity contribution in [3.8, 4) is 5.75 Å². The van der Waals surface area contributed by atoms with Gasteiger partial charge in [-0.05, 0) is 69.4 Å². The van der Waals surface area contributed by atoms with Gasteiger partial charge in [0.25, 0.3) is 0 Å². The monoisotopic (exact) mass is 343 g/mol. The Labute approximate surface area is 149 Å². The molecule has 0 spiro atoms. The topological polar surface area (TPSA) is 36.5 Å². The highest BCUT2D eigenvalue weighted by molar-refractivity contribution is 7.80. The first-order valence-electron chi connectivity index (χ1n) is 8.12. The number of thiocarbonyl (C=S) groups is 1. The molecule has 0 amide bonds. The minimum atomic E-state index is 0.476. The number of rotatable bonds is 6. The van der Waals surface area contributed by atoms with E-state index >= 15 is 0 Å². The fourth-order valence-electron chi connectivity index (χ4n) is 2.58. The first-order chi connectivity index (χ1) is 11.5. The molecule has 5 heteroatoms. The molecule has 0 saturated heterocycles. The van der Waals surface area contributed by atoms with Gasteiger partial charge in [0.2, 0.25) is 0 Å². The summed E-state index contributed by atoms with van der Waals surface area (Å²) < 4.78 is 5.21. The highest BCUT2D eigenvalue weighted by atomic mass is 32.1. The van der Waals surface area contributed by atoms with Crippen LogP contribution < -0.4 is 20.3 Å². The first kappa shape index (κ1) is 18.1. The molecular formula is C19H25N3OS. The van der Waals surface area contributed by atoms with Crippen molar-refractivity contribution in [2.75, 3.05) is 29.2 Å². The third-order valence-electron chi connectivity index (χ3n) is 3.75. The Morgan fingerprint density at radius 1 is 1.08 bits per heavy atom. The van der Waals surface area contributed by atoms with Crippen molar-refractivity contribution in [2.24, 2.45) is 0 Å². The number of benzene rings is 2. The SMILES string of the molecule is CCN(c1ccc(NC(=S)Nc2cccc(OC)c2)cc1)C(C)C. The van der Waals surface area contributed by atoms with Crippen LogP contribution in [0.2, 0.25) is 0 Å². The molecule has 2 N–H and O–H groups in total. The summed E-state index contributed by atoms with van der Waals surface area (Å²) in [5, 5.41) is 6.91. The van der Waals surface area contributed by atoms with Crippen molar-refractivity contribution in [3.05, 3.63) is 48.5 Å². The molecule has 0 heterocycles. The Kier molecular flexibility index (Phi) is 6.44. The fraction of sp³-hybridized carbons (Fsp3) is 0.316. The second-order valence-corrected chi connectivity index (χ2v) is 6.15. The zero-order valence-corrected chi connectivity index (χ0v) is 15.5. The zero-order valence-electron chi connectivity index (χ0n) is 14.7. The number of ether oxygens (including phenoxy) is 1. The number of nitrogens with zero attached hydrogens (tertiary/aromatic N) is 1. The van der Waals surface area contributed by atoms with Crippen LogP contribution in [0.25, 0.3) is 0 Å². The average molecular weight is 343 g/mol. The Balaban J connectivity index is 1.99. The molecule has 128 valence electrons. The molecule has 24 heavy (non-hydrogen) atoms. The Bertz CT molecular complexity index is 671. The van der Waals surface area contributed by atoms with Gasteiger partial charge >= 0.3 is 0 Å². The van der Waals surface area contributed by atoms with Crippen molar-refractivity contribution in [2.45, 2.75) is 26.8 Å². The first-order valence-corrected chi connectivity index (χ1v) is 8.53. The normalized spacial score (nSPS) is 10.4. The van der Waals surface area contributed by atoms with Crippen LogP contribution in [-0.2, 0) is 0 Å². The third-order valence-corrected chi connectivity index (χ3v) is 3.95. The van der Waals surface area contributed by atoms with Crippen LogP contribution in [0.5, 0.6) is 5.75 Å². The lowest BCUT2D eigenvalue weighted by atomic mass is 10.2. The molecule has 0 aliphatic heterocycles. The summed E-state index contributed by atoms with van der Waals surface area (Å²) in [4.78, 5) is 2.34. The number of methoxy groups -OCH3 is 1. The standard InChI is InChI=1S/C19H25N3OS/c1-5-22(14(2)3)17-11-9-15(10-12-17)20-19(24)21-16-7-6-8-18(13-16)23-4/h6-14H,5H2,1-4H3,(H2,20,21,24). The summed E-state index contributed by atoms with van der Waals surface area (Å²) >= 11 is 5.37. The van der Waals surface area contributed by atoms with Gasteiger partial charge in [-0.3, -0.25) is 0 Å². The molecule has 0 aliphatic carbocycles. The predicted molar refractivity (Wildman–Crippen MR) is 107 cm³/mol. The van der Waals surface area contributed by atoms with E-state index < -0.39 is 0 Å². The predicted octanol–water partition coefficient (Wildman–Crippen LogP) is 4.74. The van der Waals surface area contributed by atoms with E-state index in [9.17, 15) is 0 Å². The second-order valence-electron chi connectivity index (χ2n) is 5.74. The van der Waals surface area contributed by atoms with Crippen LogP contribution in [0.4, 0.5) is 17.1 Å². The van der Waals surface area contributed by atoms with Crippen molar-refractivity contribution in [3.63, 3.8) is 0 Å². The number of nitrogens with one attached hydrogen (secondary N) is 2. The number of hydrogen-bond acceptors (Lipinski definition) is 3. The minimum absolute atomic E-state index is 0.476. The maximum Gasteiger partial charge on any atom is 0.175 e. The second kappa shape index (κ2) is 8.55. The van der Waals surface area contributed by atoms with Crippen molar-refractivity contribution in [1.82, 2.24) is 0 Å². The molecule has 2 rings (SSSR count). The maximum atomic E-state index is 5.37. The lowest BCUT2D eigenvalue weighted by Gasteiger charge is -2.27. The molecule has 2 aromatic carbocycles. The van der Waals surface area contributed by atoms with E-state index in [1.807, 2.05) is 36.4 Å². The highest BCUT2D eigenvalue weighted by Gasteiger charge is 2.08. The van der Waals surface area contributed by atoms with E-state index in [4.69, 9.17) is 17.0 Å². The van der Waals surface area contributed by atoms with Crippen LogP contribution in [0.15, 0.2) is 48.5 Å². The molecule has 0 atom stereocenters. The summed E-state index contributed by atoms with van der Waals surface area (Å²) in [7, 11) is 1.65. The molecule has 2 aromatic rings. The Morgan fingerprint density at radius 2 is 1.75 bits per heavy atom. The van der Waals surface area contributed by atoms with Gasteiger partial charge < -0.3 is 20.3 Å². The van der Waals surface area contributed by atoms with Gasteiger partial charge in [0.1, 0.15) is 5.75 Å². The summed E-state index contributed by atoms with van der Waals surface area (Å²) in [6.07, 6.45) is 0. The number of anilines is 3. The van der Waals surface area contributed by atoms with E-state index in [-0.39, 0.29) is 0 Å². The highest BCUT2D eigenvalue weighted by Crippen LogP contribution is 2.21. The third kappa shape index (κ3) is 4.86. The molecule has 4 nitrogen and oxygen atoms in total. The minimum Gasteiger partial charge on any atom is -0.497 e. The van der Waals surface area contributed by atoms with Crippen molar-refractivity contribution < 1.29 is 4.74 Å². The van der Waals surface area contributed by atoms with Crippen molar-refractivity contribution in [1.29, 1.82) is 0 Å². The summed E-state index contributed by atoms with van der Waals surface area (Å²) in [6.45, 7) is 7.55. The molecule has 0 bridgehead atoms. The van der Waals surface area contributed by atoms with E-state index in [0.29, 0.717) is 11.2 Å². The average Bonchev–Trinajstić information content (AvgIpc) is 2.57. The molecule has 0 aromatic heterocycles. The van der Waals surface area contributed by atoms with Gasteiger partial charge in [-0.1, -0.05) is 6.07 Å². The summed E-state index contributed by atoms with van der Waals surface area (Å²) in [6, 6.07) is 16.4. The van der Waals surface area contributed by atoms with Gasteiger partial charge in [0.15, 0.2) is 5.11 Å². The molecular weight excluding hydrogens is 318 g/mol. The zero-order chi connectivity index (χ0) is 17.5. The van der Waals surface area contributed by atoms with Gasteiger partial charge in [-0.25, -0.2) is 0 Å². The van der Waals surface area contributed by atoms with E-state index in [1.165, 1.54) is 5.69 Å². The van der Waals surface area contributed by atoms with Gasteiger partial charge in [-0.15, -0.1) is 0 Å². The van der Waals surface area contributed by atoms with Crippen LogP contribution in [0.3, 0.4) is 0 Å². The smallest absolute Gasteiger partial charge is 0.175 e. The Morgan fingerprint density at radius 3 is 2.33 bits per heavy atom. The van der Waals surface area contributed by atoms with E-state index in [0.717, 1.165) is 23.7 Å². The quantitative estimate of drug-likeness (QED) is 0.741. The van der Waals surface area contributed by atoms with E-state index in [1.54, 1.807) is 7.11 Å². The van der Waals surface area contributed by atoms with Crippen LogP contribution >= 0.6 is 12.2 Å². The summed E-state index contributed by atoms with van der Waals surface area (Å²) in [5.41, 5.74) is 3.06.